The number of nitrogens with zero attached hydrogens (tertiary/aromatic N) is 1. The molecule has 2 heterocycles. The van der Waals surface area contributed by atoms with Crippen LogP contribution in [0.3, 0.4) is 0 Å². The summed E-state index contributed by atoms with van der Waals surface area (Å²) in [4.78, 5) is 27.2. The summed E-state index contributed by atoms with van der Waals surface area (Å²) < 4.78 is 2.00. The van der Waals surface area contributed by atoms with Gasteiger partial charge in [0.2, 0.25) is 5.91 Å². The molecule has 0 radical (unpaired) electrons. The van der Waals surface area contributed by atoms with Crippen LogP contribution in [-0.2, 0) is 22.6 Å². The minimum absolute atomic E-state index is 0.219. The lowest BCUT2D eigenvalue weighted by molar-refractivity contribution is -0.141. The number of aryl methyl sites for hydroxylation is 1. The Bertz CT molecular complexity index is 1140. The first-order valence-electron chi connectivity index (χ1n) is 9.23. The van der Waals surface area contributed by atoms with E-state index in [1.54, 1.807) is 6.20 Å². The fourth-order valence-corrected chi connectivity index (χ4v) is 3.54. The molecule has 28 heavy (non-hydrogen) atoms. The molecule has 0 spiro atoms. The highest BCUT2D eigenvalue weighted by atomic mass is 16.4. The first-order chi connectivity index (χ1) is 13.6. The summed E-state index contributed by atoms with van der Waals surface area (Å²) in [6, 6.07) is 16.7. The lowest BCUT2D eigenvalue weighted by Crippen LogP contribution is -2.42. The monoisotopic (exact) mass is 375 g/mol. The molecule has 2 aromatic carbocycles. The van der Waals surface area contributed by atoms with Gasteiger partial charge in [-0.3, -0.25) is 4.79 Å². The van der Waals surface area contributed by atoms with Crippen molar-refractivity contribution in [2.45, 2.75) is 25.4 Å². The highest BCUT2D eigenvalue weighted by molar-refractivity contribution is 5.87. The molecule has 1 amide bonds. The summed E-state index contributed by atoms with van der Waals surface area (Å²) in [5.41, 5.74) is 2.89. The number of benzene rings is 2. The normalized spacial score (nSPS) is 12.3. The van der Waals surface area contributed by atoms with E-state index in [1.807, 2.05) is 65.4 Å². The number of hydrogen-bond acceptors (Lipinski definition) is 2. The summed E-state index contributed by atoms with van der Waals surface area (Å²) in [6.45, 7) is 0.499. The molecular formula is C22H21N3O3. The van der Waals surface area contributed by atoms with Crippen LogP contribution in [0.5, 0.6) is 0 Å². The number of fused-ring (bicyclic) bond motifs is 2. The van der Waals surface area contributed by atoms with Gasteiger partial charge in [-0.15, -0.1) is 0 Å². The fraction of sp³-hybridized carbons (Fsp3) is 0.182. The second kappa shape index (κ2) is 7.60. The van der Waals surface area contributed by atoms with Crippen molar-refractivity contribution in [2.75, 3.05) is 0 Å². The third kappa shape index (κ3) is 3.62. The number of aromatic nitrogens is 2. The molecular weight excluding hydrogens is 354 g/mol. The van der Waals surface area contributed by atoms with E-state index in [2.05, 4.69) is 10.3 Å². The summed E-state index contributed by atoms with van der Waals surface area (Å²) in [6.07, 6.45) is 4.20. The summed E-state index contributed by atoms with van der Waals surface area (Å²) >= 11 is 0. The molecule has 6 heteroatoms. The van der Waals surface area contributed by atoms with Crippen molar-refractivity contribution in [1.29, 1.82) is 0 Å². The van der Waals surface area contributed by atoms with Crippen LogP contribution >= 0.6 is 0 Å². The Hall–Kier alpha value is -3.54. The maximum absolute atomic E-state index is 12.4. The number of para-hydroxylation sites is 2. The second-order valence-corrected chi connectivity index (χ2v) is 6.84. The van der Waals surface area contributed by atoms with Gasteiger partial charge in [-0.1, -0.05) is 36.4 Å². The number of aromatic amines is 1. The van der Waals surface area contributed by atoms with E-state index in [1.165, 1.54) is 0 Å². The molecule has 1 atom stereocenters. The fourth-order valence-electron chi connectivity index (χ4n) is 3.54. The van der Waals surface area contributed by atoms with E-state index >= 15 is 0 Å². The van der Waals surface area contributed by atoms with Crippen LogP contribution in [-0.4, -0.2) is 32.6 Å². The maximum atomic E-state index is 12.4. The van der Waals surface area contributed by atoms with E-state index in [9.17, 15) is 14.7 Å². The van der Waals surface area contributed by atoms with Crippen LogP contribution in [0.2, 0.25) is 0 Å². The van der Waals surface area contributed by atoms with Gasteiger partial charge < -0.3 is 20.0 Å². The zero-order valence-electron chi connectivity index (χ0n) is 15.3. The largest absolute Gasteiger partial charge is 0.480 e. The number of nitrogens with one attached hydrogen (secondary N) is 2. The number of aliphatic carboxylic acids is 1. The number of carboxylic acids is 1. The second-order valence-electron chi connectivity index (χ2n) is 6.84. The Kier molecular flexibility index (Phi) is 4.85. The quantitative estimate of drug-likeness (QED) is 0.463. The van der Waals surface area contributed by atoms with Crippen molar-refractivity contribution in [1.82, 2.24) is 14.9 Å². The van der Waals surface area contributed by atoms with Gasteiger partial charge in [0.1, 0.15) is 6.04 Å². The molecule has 2 aromatic heterocycles. The Morgan fingerprint density at radius 2 is 1.86 bits per heavy atom. The summed E-state index contributed by atoms with van der Waals surface area (Å²) in [5.74, 6) is -1.31. The Balaban J connectivity index is 1.41. The Morgan fingerprint density at radius 3 is 2.71 bits per heavy atom. The smallest absolute Gasteiger partial charge is 0.326 e. The minimum atomic E-state index is -1.04. The van der Waals surface area contributed by atoms with Gasteiger partial charge in [0.15, 0.2) is 0 Å². The lowest BCUT2D eigenvalue weighted by Gasteiger charge is -2.14. The van der Waals surface area contributed by atoms with Crippen molar-refractivity contribution in [3.8, 4) is 0 Å². The predicted molar refractivity (Wildman–Crippen MR) is 108 cm³/mol. The number of amides is 1. The van der Waals surface area contributed by atoms with Crippen molar-refractivity contribution in [2.24, 2.45) is 0 Å². The minimum Gasteiger partial charge on any atom is -0.480 e. The maximum Gasteiger partial charge on any atom is 0.326 e. The third-order valence-corrected chi connectivity index (χ3v) is 4.99. The van der Waals surface area contributed by atoms with Crippen LogP contribution in [0.4, 0.5) is 0 Å². The van der Waals surface area contributed by atoms with Gasteiger partial charge in [0.05, 0.1) is 0 Å². The summed E-state index contributed by atoms with van der Waals surface area (Å²) in [5, 5.41) is 14.3. The average molecular weight is 375 g/mol. The first-order valence-corrected chi connectivity index (χ1v) is 9.23. The van der Waals surface area contributed by atoms with Gasteiger partial charge in [-0.25, -0.2) is 4.79 Å². The first kappa shape index (κ1) is 17.9. The zero-order chi connectivity index (χ0) is 19.5. The number of carbonyl (C=O) groups is 2. The van der Waals surface area contributed by atoms with E-state index in [0.29, 0.717) is 6.54 Å². The van der Waals surface area contributed by atoms with Gasteiger partial charge >= 0.3 is 5.97 Å². The van der Waals surface area contributed by atoms with E-state index in [4.69, 9.17) is 0 Å². The molecule has 0 fully saturated rings. The number of carbonyl (C=O) groups excluding carboxylic acids is 1. The Labute approximate surface area is 161 Å². The standard InChI is InChI=1S/C22H21N3O3/c26-21(10-12-25-11-9-15-5-1-4-8-20(15)25)24-19(22(27)28)13-16-14-23-18-7-3-2-6-17(16)18/h1-9,11,14,19,23H,10,12-13H2,(H,24,26)(H,27,28)/t19-/m1/s1. The molecule has 3 N–H and O–H groups in total. The number of rotatable bonds is 7. The van der Waals surface area contributed by atoms with E-state index in [-0.39, 0.29) is 18.7 Å². The topological polar surface area (TPSA) is 87.1 Å². The van der Waals surface area contributed by atoms with Crippen molar-refractivity contribution >= 4 is 33.7 Å². The molecule has 0 saturated carbocycles. The Morgan fingerprint density at radius 1 is 1.07 bits per heavy atom. The molecule has 4 rings (SSSR count). The molecule has 0 bridgehead atoms. The van der Waals surface area contributed by atoms with E-state index in [0.717, 1.165) is 27.4 Å². The molecule has 6 nitrogen and oxygen atoms in total. The number of carboxylic acid groups (broad SMARTS) is 1. The molecule has 0 aliphatic carbocycles. The molecule has 0 saturated heterocycles. The van der Waals surface area contributed by atoms with Crippen LogP contribution in [0.1, 0.15) is 12.0 Å². The van der Waals surface area contributed by atoms with Crippen LogP contribution in [0, 0.1) is 0 Å². The van der Waals surface area contributed by atoms with Crippen molar-refractivity contribution < 1.29 is 14.7 Å². The number of hydrogen-bond donors (Lipinski definition) is 3. The van der Waals surface area contributed by atoms with Crippen LogP contribution in [0.15, 0.2) is 67.0 Å². The predicted octanol–water partition coefficient (Wildman–Crippen LogP) is 3.32. The van der Waals surface area contributed by atoms with Crippen LogP contribution < -0.4 is 5.32 Å². The van der Waals surface area contributed by atoms with Gasteiger partial charge in [0, 0.05) is 48.2 Å². The van der Waals surface area contributed by atoms with Crippen LogP contribution in [0.25, 0.3) is 21.8 Å². The highest BCUT2D eigenvalue weighted by Gasteiger charge is 2.21. The van der Waals surface area contributed by atoms with Crippen molar-refractivity contribution in [3.63, 3.8) is 0 Å². The third-order valence-electron chi connectivity index (χ3n) is 4.99. The summed E-state index contributed by atoms with van der Waals surface area (Å²) in [7, 11) is 0. The van der Waals surface area contributed by atoms with Crippen molar-refractivity contribution in [3.05, 3.63) is 72.6 Å². The number of H-pyrrole nitrogens is 1. The molecule has 0 aliphatic rings. The zero-order valence-corrected chi connectivity index (χ0v) is 15.3. The van der Waals surface area contributed by atoms with E-state index < -0.39 is 12.0 Å². The van der Waals surface area contributed by atoms with Gasteiger partial charge in [-0.05, 0) is 29.1 Å². The van der Waals surface area contributed by atoms with Gasteiger partial charge in [0.25, 0.3) is 0 Å². The molecule has 142 valence electrons. The molecule has 0 aliphatic heterocycles. The lowest BCUT2D eigenvalue weighted by atomic mass is 10.0. The molecule has 0 unspecified atom stereocenters. The highest BCUT2D eigenvalue weighted by Crippen LogP contribution is 2.19. The SMILES string of the molecule is O=C(CCn1ccc2ccccc21)N[C@H](Cc1c[nH]c2ccccc12)C(=O)O. The average Bonchev–Trinajstić information content (AvgIpc) is 3.30. The van der Waals surface area contributed by atoms with Gasteiger partial charge in [-0.2, -0.15) is 0 Å². The molecule has 4 aromatic rings.